The van der Waals surface area contributed by atoms with Crippen molar-refractivity contribution in [3.63, 3.8) is 0 Å². The van der Waals surface area contributed by atoms with E-state index in [0.717, 1.165) is 23.2 Å². The van der Waals surface area contributed by atoms with Gasteiger partial charge in [-0.25, -0.2) is 5.01 Å². The van der Waals surface area contributed by atoms with Crippen LogP contribution in [0.1, 0.15) is 6.42 Å². The minimum atomic E-state index is -1.29. The number of hydrogen-bond acceptors (Lipinski definition) is 7. The van der Waals surface area contributed by atoms with E-state index in [-0.39, 0.29) is 11.7 Å². The van der Waals surface area contributed by atoms with Crippen LogP contribution in [0.3, 0.4) is 0 Å². The summed E-state index contributed by atoms with van der Waals surface area (Å²) in [6.07, 6.45) is 8.60. The average molecular weight is 451 g/mol. The van der Waals surface area contributed by atoms with Gasteiger partial charge in [0.25, 0.3) is 11.8 Å². The van der Waals surface area contributed by atoms with Crippen molar-refractivity contribution >= 4 is 26.2 Å². The van der Waals surface area contributed by atoms with Crippen LogP contribution in [-0.2, 0) is 28.0 Å². The third kappa shape index (κ3) is 10.8. The number of hydrazine groups is 2. The minimum absolute atomic E-state index is 0.289. The Kier molecular flexibility index (Phi) is 15.6. The molecule has 0 radical (unpaired) electrons. The van der Waals surface area contributed by atoms with Gasteiger partial charge in [-0.3, -0.25) is 19.4 Å². The van der Waals surface area contributed by atoms with Crippen LogP contribution in [0.4, 0.5) is 0 Å². The van der Waals surface area contributed by atoms with Crippen LogP contribution < -0.4 is 5.53 Å². The Hall–Kier alpha value is -2.68. The summed E-state index contributed by atoms with van der Waals surface area (Å²) in [6, 6.07) is -0.679. The second kappa shape index (κ2) is 17.0. The van der Waals surface area contributed by atoms with E-state index < -0.39 is 20.6 Å². The van der Waals surface area contributed by atoms with E-state index in [1.807, 2.05) is 0 Å². The number of nitrogens with zero attached hydrogens (tertiary/aromatic N) is 2. The van der Waals surface area contributed by atoms with Crippen molar-refractivity contribution in [1.82, 2.24) is 15.6 Å². The second-order valence-corrected chi connectivity index (χ2v) is 6.82. The first-order valence-electron chi connectivity index (χ1n) is 9.23. The van der Waals surface area contributed by atoms with E-state index in [0.29, 0.717) is 32.8 Å². The highest BCUT2D eigenvalue weighted by molar-refractivity contribution is 7.41. The summed E-state index contributed by atoms with van der Waals surface area (Å²) < 4.78 is 15.6. The van der Waals surface area contributed by atoms with E-state index in [9.17, 15) is 14.4 Å². The molecule has 1 heterocycles. The zero-order valence-electron chi connectivity index (χ0n) is 17.6. The Balaban J connectivity index is 0.000000615. The third-order valence-corrected chi connectivity index (χ3v) is 4.52. The Morgan fingerprint density at radius 2 is 1.32 bits per heavy atom. The van der Waals surface area contributed by atoms with Gasteiger partial charge in [0.2, 0.25) is 0 Å². The maximum Gasteiger partial charge on any atom is 0.333 e. The van der Waals surface area contributed by atoms with E-state index in [4.69, 9.17) is 13.6 Å². The number of rotatable bonds is 13. The van der Waals surface area contributed by atoms with Crippen molar-refractivity contribution in [3.05, 3.63) is 75.9 Å². The molecular weight excluding hydrogens is 421 g/mol. The number of carbonyl (C=O) groups is 3. The topological polar surface area (TPSA) is 97.4 Å². The molecule has 170 valence electrons. The van der Waals surface area contributed by atoms with Gasteiger partial charge in [-0.1, -0.05) is 38.0 Å². The molecule has 1 unspecified atom stereocenters. The van der Waals surface area contributed by atoms with Gasteiger partial charge in [0, 0.05) is 6.54 Å². The Labute approximate surface area is 184 Å². The largest absolute Gasteiger partial charge is 0.333 e. The molecule has 0 bridgehead atoms. The van der Waals surface area contributed by atoms with Crippen molar-refractivity contribution in [2.45, 2.75) is 12.5 Å². The van der Waals surface area contributed by atoms with Gasteiger partial charge in [-0.2, -0.15) is 0 Å². The zero-order valence-corrected chi connectivity index (χ0v) is 18.5. The lowest BCUT2D eigenvalue weighted by atomic mass is 10.1. The smallest absolute Gasteiger partial charge is 0.308 e. The predicted octanol–water partition coefficient (Wildman–Crippen LogP) is 2.78. The summed E-state index contributed by atoms with van der Waals surface area (Å²) in [5, 5.41) is 2.28. The molecule has 0 aromatic heterocycles. The summed E-state index contributed by atoms with van der Waals surface area (Å²) in [5.41, 5.74) is 2.58. The SMILES string of the molecule is C=CC(=O)C1CCN(C(=O)C=C)NN1C(=O)C=C.C=CCOP(OCC=C)OCC=C. The molecule has 1 atom stereocenters. The fourth-order valence-electron chi connectivity index (χ4n) is 2.06. The molecule has 0 saturated carbocycles. The van der Waals surface area contributed by atoms with Gasteiger partial charge in [-0.05, 0) is 24.6 Å². The van der Waals surface area contributed by atoms with Crippen molar-refractivity contribution in [3.8, 4) is 0 Å². The van der Waals surface area contributed by atoms with Gasteiger partial charge in [0.1, 0.15) is 6.04 Å². The molecule has 0 aromatic rings. The van der Waals surface area contributed by atoms with Crippen LogP contribution in [-0.4, -0.2) is 60.0 Å². The van der Waals surface area contributed by atoms with Gasteiger partial charge >= 0.3 is 8.60 Å². The van der Waals surface area contributed by atoms with Gasteiger partial charge in [-0.15, -0.1) is 25.3 Å². The van der Waals surface area contributed by atoms with Crippen LogP contribution in [0, 0.1) is 0 Å². The Morgan fingerprint density at radius 1 is 0.839 bits per heavy atom. The lowest BCUT2D eigenvalue weighted by Gasteiger charge is -2.39. The van der Waals surface area contributed by atoms with Crippen molar-refractivity contribution in [1.29, 1.82) is 0 Å². The highest BCUT2D eigenvalue weighted by atomic mass is 31.2. The van der Waals surface area contributed by atoms with E-state index in [1.165, 1.54) is 5.01 Å². The molecule has 0 spiro atoms. The molecule has 1 aliphatic rings. The van der Waals surface area contributed by atoms with Gasteiger partial charge in [0.05, 0.1) is 19.8 Å². The van der Waals surface area contributed by atoms with E-state index >= 15 is 0 Å². The van der Waals surface area contributed by atoms with E-state index in [2.05, 4.69) is 45.0 Å². The van der Waals surface area contributed by atoms with Crippen LogP contribution in [0.15, 0.2) is 75.9 Å². The van der Waals surface area contributed by atoms with Crippen LogP contribution >= 0.6 is 8.60 Å². The van der Waals surface area contributed by atoms with Crippen molar-refractivity contribution in [2.24, 2.45) is 0 Å². The highest BCUT2D eigenvalue weighted by Gasteiger charge is 2.34. The summed E-state index contributed by atoms with van der Waals surface area (Å²) in [7, 11) is -1.29. The molecule has 1 fully saturated rings. The summed E-state index contributed by atoms with van der Waals surface area (Å²) >= 11 is 0. The molecule has 2 amide bonds. The monoisotopic (exact) mass is 451 g/mol. The molecule has 9 nitrogen and oxygen atoms in total. The lowest BCUT2D eigenvalue weighted by molar-refractivity contribution is -0.157. The Morgan fingerprint density at radius 3 is 1.71 bits per heavy atom. The fraction of sp³-hybridized carbons (Fsp3) is 0.286. The fourth-order valence-corrected chi connectivity index (χ4v) is 2.96. The quantitative estimate of drug-likeness (QED) is 0.261. The molecule has 1 N–H and O–H groups in total. The van der Waals surface area contributed by atoms with Crippen LogP contribution in [0.2, 0.25) is 0 Å². The lowest BCUT2D eigenvalue weighted by Crippen LogP contribution is -2.64. The van der Waals surface area contributed by atoms with Gasteiger partial charge in [0.15, 0.2) is 5.78 Å². The predicted molar refractivity (Wildman–Crippen MR) is 121 cm³/mol. The minimum Gasteiger partial charge on any atom is -0.308 e. The maximum absolute atomic E-state index is 11.6. The van der Waals surface area contributed by atoms with Crippen LogP contribution in [0.5, 0.6) is 0 Å². The number of ketones is 1. The zero-order chi connectivity index (χ0) is 23.6. The second-order valence-electron chi connectivity index (χ2n) is 5.59. The van der Waals surface area contributed by atoms with Crippen molar-refractivity contribution < 1.29 is 28.0 Å². The number of nitrogens with one attached hydrogen (secondary N) is 1. The average Bonchev–Trinajstić information content (AvgIpc) is 2.81. The molecule has 1 saturated heterocycles. The maximum atomic E-state index is 11.6. The Bertz CT molecular complexity index is 653. The first-order valence-corrected chi connectivity index (χ1v) is 10.3. The molecule has 31 heavy (non-hydrogen) atoms. The summed E-state index contributed by atoms with van der Waals surface area (Å²) in [6.45, 7) is 22.2. The van der Waals surface area contributed by atoms with Gasteiger partial charge < -0.3 is 13.6 Å². The molecule has 0 aromatic carbocycles. The molecule has 1 rings (SSSR count). The number of carbonyl (C=O) groups excluding carboxylic acids is 3. The highest BCUT2D eigenvalue weighted by Crippen LogP contribution is 2.39. The summed E-state index contributed by atoms with van der Waals surface area (Å²) in [4.78, 5) is 34.7. The number of hydrogen-bond donors (Lipinski definition) is 1. The van der Waals surface area contributed by atoms with Crippen molar-refractivity contribution in [2.75, 3.05) is 26.4 Å². The number of amides is 2. The van der Waals surface area contributed by atoms with Crippen LogP contribution in [0.25, 0.3) is 0 Å². The normalized spacial score (nSPS) is 15.2. The standard InChI is InChI=1S/C12H15N3O3.C9H15O3P/c1-4-10(16)9-7-8-14(11(17)5-2)13-15(9)12(18)6-3;1-4-7-10-13(11-8-5-2)12-9-6-3/h4-6,9,13H,1-3,7-8H2;4-6H,1-3,7-9H2. The first kappa shape index (κ1) is 28.3. The molecule has 10 heteroatoms. The molecule has 1 aliphatic heterocycles. The third-order valence-electron chi connectivity index (χ3n) is 3.44. The van der Waals surface area contributed by atoms with E-state index in [1.54, 1.807) is 18.2 Å². The first-order chi connectivity index (χ1) is 14.9. The summed E-state index contributed by atoms with van der Waals surface area (Å²) in [5.74, 6) is -1.15. The molecule has 0 aliphatic carbocycles. The molecular formula is C21H30N3O6P.